The Morgan fingerprint density at radius 3 is 2.35 bits per heavy atom. The highest BCUT2D eigenvalue weighted by molar-refractivity contribution is 6.37. The van der Waals surface area contributed by atoms with Gasteiger partial charge in [0, 0.05) is 17.7 Å². The topological polar surface area (TPSA) is 117 Å². The van der Waals surface area contributed by atoms with Crippen molar-refractivity contribution in [2.24, 2.45) is 0 Å². The van der Waals surface area contributed by atoms with Gasteiger partial charge in [-0.1, -0.05) is 24.3 Å². The third-order valence-corrected chi connectivity index (χ3v) is 3.23. The molecule has 7 nitrogen and oxygen atoms in total. The molecule has 0 aliphatic heterocycles. The maximum Gasteiger partial charge on any atom is 0.372 e. The second kappa shape index (κ2) is 6.78. The molecule has 2 rings (SSSR count). The largest absolute Gasteiger partial charge is 0.475 e. The summed E-state index contributed by atoms with van der Waals surface area (Å²) in [5.74, 6) is -3.47. The molecule has 0 fully saturated rings. The van der Waals surface area contributed by atoms with Crippen LogP contribution in [-0.4, -0.2) is 38.6 Å². The predicted octanol–water partition coefficient (Wildman–Crippen LogP) is 1.43. The molecule has 2 aromatic rings. The van der Waals surface area contributed by atoms with E-state index in [-0.39, 0.29) is 11.5 Å². The van der Waals surface area contributed by atoms with Crippen molar-refractivity contribution in [2.75, 3.05) is 0 Å². The average Bonchev–Trinajstić information content (AvgIpc) is 2.96. The number of Topliss-reactive ketones (excluding diaryl/α,β-unsaturated/α-hetero) is 3. The number of benzene rings is 1. The van der Waals surface area contributed by atoms with Crippen molar-refractivity contribution < 1.29 is 24.3 Å². The van der Waals surface area contributed by atoms with Crippen LogP contribution in [0.4, 0.5) is 0 Å². The van der Waals surface area contributed by atoms with Gasteiger partial charge in [-0.15, -0.1) is 0 Å². The molecule has 0 aliphatic rings. The van der Waals surface area contributed by atoms with Crippen LogP contribution in [0.25, 0.3) is 0 Å². The number of rotatable bonds is 7. The lowest BCUT2D eigenvalue weighted by Crippen LogP contribution is -2.17. The summed E-state index contributed by atoms with van der Waals surface area (Å²) in [6.07, 6.45) is -0.252. The summed E-state index contributed by atoms with van der Waals surface area (Å²) in [4.78, 5) is 44.4. The molecule has 0 spiro atoms. The first-order chi connectivity index (χ1) is 10.9. The zero-order chi connectivity index (χ0) is 17.0. The van der Waals surface area contributed by atoms with Gasteiger partial charge >= 0.3 is 5.97 Å². The number of H-pyrrole nitrogens is 1. The fourth-order valence-electron chi connectivity index (χ4n) is 1.98. The number of hydrogen-bond donors (Lipinski definition) is 2. The summed E-state index contributed by atoms with van der Waals surface area (Å²) < 4.78 is 0. The van der Waals surface area contributed by atoms with Gasteiger partial charge in [-0.3, -0.25) is 19.5 Å². The molecule has 0 radical (unpaired) electrons. The van der Waals surface area contributed by atoms with Crippen molar-refractivity contribution in [1.82, 2.24) is 10.2 Å². The normalized spacial score (nSPS) is 10.3. The Balaban J connectivity index is 2.04. The molecule has 0 aliphatic carbocycles. The van der Waals surface area contributed by atoms with Crippen LogP contribution >= 0.6 is 0 Å². The van der Waals surface area contributed by atoms with Crippen molar-refractivity contribution in [3.63, 3.8) is 0 Å². The number of aromatic nitrogens is 2. The zero-order valence-corrected chi connectivity index (χ0v) is 12.3. The molecule has 0 bridgehead atoms. The number of aliphatic carboxylic acids is 1. The first kappa shape index (κ1) is 16.3. The molecule has 1 aromatic carbocycles. The molecule has 0 saturated carbocycles. The Morgan fingerprint density at radius 1 is 1.13 bits per heavy atom. The van der Waals surface area contributed by atoms with E-state index in [4.69, 9.17) is 5.11 Å². The van der Waals surface area contributed by atoms with Crippen molar-refractivity contribution in [2.45, 2.75) is 19.8 Å². The third-order valence-electron chi connectivity index (χ3n) is 3.23. The first-order valence-electron chi connectivity index (χ1n) is 6.80. The minimum absolute atomic E-state index is 0.0194. The number of carboxylic acids is 1. The minimum atomic E-state index is -1.64. The van der Waals surface area contributed by atoms with Gasteiger partial charge in [0.25, 0.3) is 0 Å². The fourth-order valence-corrected chi connectivity index (χ4v) is 1.98. The molecular formula is C16H14N2O5. The van der Waals surface area contributed by atoms with E-state index in [0.717, 1.165) is 5.56 Å². The van der Waals surface area contributed by atoms with E-state index in [2.05, 4.69) is 10.2 Å². The number of nitrogens with zero attached hydrogens (tertiary/aromatic N) is 1. The lowest BCUT2D eigenvalue weighted by Gasteiger charge is -2.00. The van der Waals surface area contributed by atoms with Gasteiger partial charge in [0.2, 0.25) is 5.78 Å². The molecule has 1 aromatic heterocycles. The zero-order valence-electron chi connectivity index (χ0n) is 12.3. The average molecular weight is 314 g/mol. The monoisotopic (exact) mass is 314 g/mol. The van der Waals surface area contributed by atoms with E-state index in [1.165, 1.54) is 13.0 Å². The molecule has 0 atom stereocenters. The smallest absolute Gasteiger partial charge is 0.372 e. The van der Waals surface area contributed by atoms with E-state index in [0.29, 0.717) is 17.7 Å². The molecule has 0 unspecified atom stereocenters. The fraction of sp³-hybridized carbons (Fsp3) is 0.188. The van der Waals surface area contributed by atoms with E-state index < -0.39 is 24.0 Å². The summed E-state index contributed by atoms with van der Waals surface area (Å²) in [5, 5.41) is 15.0. The lowest BCUT2D eigenvalue weighted by molar-refractivity contribution is -0.148. The summed E-state index contributed by atoms with van der Waals surface area (Å²) >= 11 is 0. The maximum atomic E-state index is 11.7. The van der Waals surface area contributed by atoms with E-state index in [9.17, 15) is 19.2 Å². The summed E-state index contributed by atoms with van der Waals surface area (Å²) in [7, 11) is 0. The summed E-state index contributed by atoms with van der Waals surface area (Å²) in [5.41, 5.74) is 2.20. The van der Waals surface area contributed by atoms with Crippen LogP contribution in [0, 0.1) is 0 Å². The van der Waals surface area contributed by atoms with Crippen molar-refractivity contribution in [3.05, 3.63) is 52.8 Å². The lowest BCUT2D eigenvalue weighted by atomic mass is 10.0. The van der Waals surface area contributed by atoms with Crippen molar-refractivity contribution in [1.29, 1.82) is 0 Å². The Labute approximate surface area is 131 Å². The van der Waals surface area contributed by atoms with Gasteiger partial charge in [-0.05, 0) is 18.6 Å². The molecule has 2 N–H and O–H groups in total. The Kier molecular flexibility index (Phi) is 4.80. The van der Waals surface area contributed by atoms with Crippen LogP contribution in [0.3, 0.4) is 0 Å². The number of aromatic amines is 1. The molecule has 1 heterocycles. The van der Waals surface area contributed by atoms with Gasteiger partial charge in [0.05, 0.1) is 6.42 Å². The van der Waals surface area contributed by atoms with Crippen LogP contribution in [-0.2, 0) is 16.0 Å². The minimum Gasteiger partial charge on any atom is -0.475 e. The third kappa shape index (κ3) is 4.19. The Bertz CT molecular complexity index is 774. The summed E-state index contributed by atoms with van der Waals surface area (Å²) in [6.45, 7) is 1.49. The van der Waals surface area contributed by atoms with Crippen LogP contribution in [0.15, 0.2) is 30.3 Å². The Morgan fingerprint density at radius 2 is 1.78 bits per heavy atom. The van der Waals surface area contributed by atoms with Gasteiger partial charge < -0.3 is 5.11 Å². The van der Waals surface area contributed by atoms with Crippen LogP contribution < -0.4 is 0 Å². The van der Waals surface area contributed by atoms with E-state index in [1.807, 2.05) is 0 Å². The highest BCUT2D eigenvalue weighted by Crippen LogP contribution is 2.11. The number of carbonyl (C=O) groups is 4. The molecule has 0 saturated heterocycles. The highest BCUT2D eigenvalue weighted by Gasteiger charge is 2.19. The van der Waals surface area contributed by atoms with Crippen molar-refractivity contribution in [3.8, 4) is 0 Å². The second-order valence-electron chi connectivity index (χ2n) is 5.04. The first-order valence-corrected chi connectivity index (χ1v) is 6.80. The second-order valence-corrected chi connectivity index (χ2v) is 5.04. The number of carboxylic acid groups (broad SMARTS) is 1. The van der Waals surface area contributed by atoms with Crippen LogP contribution in [0.2, 0.25) is 0 Å². The molecule has 23 heavy (non-hydrogen) atoms. The summed E-state index contributed by atoms with van der Waals surface area (Å²) in [6, 6.07) is 8.51. The van der Waals surface area contributed by atoms with Gasteiger partial charge in [-0.2, -0.15) is 5.10 Å². The van der Waals surface area contributed by atoms with Crippen molar-refractivity contribution >= 4 is 23.3 Å². The number of nitrogens with one attached hydrogen (secondary N) is 1. The van der Waals surface area contributed by atoms with Crippen LogP contribution in [0.1, 0.15) is 45.4 Å². The van der Waals surface area contributed by atoms with Gasteiger partial charge in [0.15, 0.2) is 11.6 Å². The standard InChI is InChI=1S/C16H14N2O5/c1-9(19)11-4-2-10(3-5-11)6-12-7-13(18-17-12)14(20)8-15(21)16(22)23/h2-5,7H,6,8H2,1H3,(H,17,18)(H,22,23). The molecular weight excluding hydrogens is 300 g/mol. The van der Waals surface area contributed by atoms with E-state index in [1.54, 1.807) is 24.3 Å². The van der Waals surface area contributed by atoms with Crippen LogP contribution in [0.5, 0.6) is 0 Å². The SMILES string of the molecule is CC(=O)c1ccc(Cc2cc(C(=O)CC(=O)C(=O)O)n[nH]2)cc1. The number of carbonyl (C=O) groups excluding carboxylic acids is 3. The maximum absolute atomic E-state index is 11.7. The van der Waals surface area contributed by atoms with Gasteiger partial charge in [-0.25, -0.2) is 4.79 Å². The number of hydrogen-bond acceptors (Lipinski definition) is 5. The molecule has 118 valence electrons. The Hall–Kier alpha value is -3.09. The van der Waals surface area contributed by atoms with Gasteiger partial charge in [0.1, 0.15) is 5.69 Å². The molecule has 0 amide bonds. The quantitative estimate of drug-likeness (QED) is 0.453. The number of ketones is 3. The van der Waals surface area contributed by atoms with E-state index >= 15 is 0 Å². The highest BCUT2D eigenvalue weighted by atomic mass is 16.4. The predicted molar refractivity (Wildman–Crippen MR) is 79.4 cm³/mol. The molecule has 7 heteroatoms.